The molecule has 2 heterocycles. The molecule has 0 spiro atoms. The van der Waals surface area contributed by atoms with Gasteiger partial charge in [-0.2, -0.15) is 4.98 Å². The van der Waals surface area contributed by atoms with Crippen LogP contribution in [0.5, 0.6) is 17.2 Å². The van der Waals surface area contributed by atoms with Crippen molar-refractivity contribution in [1.29, 1.82) is 0 Å². The summed E-state index contributed by atoms with van der Waals surface area (Å²) in [6.07, 6.45) is 0.861. The number of carbonyl (C=O) groups excluding carboxylic acids is 1. The summed E-state index contributed by atoms with van der Waals surface area (Å²) in [6.45, 7) is 6.76. The highest BCUT2D eigenvalue weighted by Crippen LogP contribution is 2.40. The summed E-state index contributed by atoms with van der Waals surface area (Å²) in [5.74, 6) is 3.14. The normalized spacial score (nSPS) is 15.8. The van der Waals surface area contributed by atoms with Gasteiger partial charge in [0.15, 0.2) is 11.5 Å². The molecule has 0 fully saturated rings. The highest BCUT2D eigenvalue weighted by Gasteiger charge is 2.36. The second-order valence-electron chi connectivity index (χ2n) is 8.98. The Morgan fingerprint density at radius 1 is 1.03 bits per heavy atom. The van der Waals surface area contributed by atoms with E-state index >= 15 is 0 Å². The molecule has 3 aromatic rings. The summed E-state index contributed by atoms with van der Waals surface area (Å²) in [5.41, 5.74) is 3.10. The number of nitrogens with zero attached hydrogens (tertiary/aromatic N) is 3. The minimum absolute atomic E-state index is 0.174. The third-order valence-electron chi connectivity index (χ3n) is 6.27. The molecule has 1 unspecified atom stereocenters. The Morgan fingerprint density at radius 2 is 1.75 bits per heavy atom. The van der Waals surface area contributed by atoms with Crippen LogP contribution in [0.4, 0.5) is 4.79 Å². The zero-order valence-electron chi connectivity index (χ0n) is 21.5. The van der Waals surface area contributed by atoms with E-state index in [-0.39, 0.29) is 6.03 Å². The molecule has 9 heteroatoms. The average Bonchev–Trinajstić information content (AvgIpc) is 3.37. The molecule has 1 aromatic heterocycles. The maximum Gasteiger partial charge on any atom is 0.322 e. The Morgan fingerprint density at radius 3 is 2.39 bits per heavy atom. The van der Waals surface area contributed by atoms with Gasteiger partial charge in [-0.05, 0) is 61.2 Å². The summed E-state index contributed by atoms with van der Waals surface area (Å²) >= 11 is 0. The molecule has 0 saturated heterocycles. The molecular weight excluding hydrogens is 460 g/mol. The number of hydrogen-bond acceptors (Lipinski definition) is 7. The van der Waals surface area contributed by atoms with Crippen molar-refractivity contribution >= 4 is 11.6 Å². The van der Waals surface area contributed by atoms with Crippen molar-refractivity contribution in [2.24, 2.45) is 5.92 Å². The summed E-state index contributed by atoms with van der Waals surface area (Å²) in [7, 11) is 4.78. The first-order chi connectivity index (χ1) is 17.4. The smallest absolute Gasteiger partial charge is 0.322 e. The number of benzene rings is 2. The number of ether oxygens (including phenoxy) is 3. The quantitative estimate of drug-likeness (QED) is 0.432. The van der Waals surface area contributed by atoms with Gasteiger partial charge in [0.1, 0.15) is 5.75 Å². The molecule has 0 aliphatic carbocycles. The van der Waals surface area contributed by atoms with Crippen LogP contribution < -0.4 is 19.5 Å². The topological polar surface area (TPSA) is 99.0 Å². The first-order valence-corrected chi connectivity index (χ1v) is 11.9. The van der Waals surface area contributed by atoms with Crippen LogP contribution in [0.1, 0.15) is 44.7 Å². The first kappa shape index (κ1) is 25.1. The van der Waals surface area contributed by atoms with E-state index in [0.717, 1.165) is 34.6 Å². The van der Waals surface area contributed by atoms with Crippen LogP contribution in [0.15, 0.2) is 52.7 Å². The van der Waals surface area contributed by atoms with Crippen LogP contribution in [0.3, 0.4) is 0 Å². The van der Waals surface area contributed by atoms with Gasteiger partial charge < -0.3 is 24.1 Å². The lowest BCUT2D eigenvalue weighted by Crippen LogP contribution is -2.46. The van der Waals surface area contributed by atoms with Gasteiger partial charge in [-0.1, -0.05) is 25.1 Å². The minimum atomic E-state index is -0.517. The number of nitrogens with one attached hydrogen (secondary N) is 1. The SMILES string of the molecule is COc1ccc(-c2noc(C3=C(C)N(CCC(C)C)C(=O)NC3c3ccc(OC)c(OC)c3)n2)cc1. The second-order valence-corrected chi connectivity index (χ2v) is 8.98. The molecule has 9 nitrogen and oxygen atoms in total. The molecule has 36 heavy (non-hydrogen) atoms. The summed E-state index contributed by atoms with van der Waals surface area (Å²) in [5, 5.41) is 7.35. The number of aromatic nitrogens is 2. The number of carbonyl (C=O) groups is 1. The number of rotatable bonds is 9. The predicted octanol–water partition coefficient (Wildman–Crippen LogP) is 5.31. The zero-order chi connectivity index (χ0) is 25.8. The lowest BCUT2D eigenvalue weighted by molar-refractivity contribution is 0.202. The molecule has 1 N–H and O–H groups in total. The second kappa shape index (κ2) is 10.7. The summed E-state index contributed by atoms with van der Waals surface area (Å²) < 4.78 is 21.9. The van der Waals surface area contributed by atoms with Crippen LogP contribution in [0.2, 0.25) is 0 Å². The third kappa shape index (κ3) is 5.00. The van der Waals surface area contributed by atoms with Gasteiger partial charge in [-0.25, -0.2) is 4.79 Å². The van der Waals surface area contributed by atoms with E-state index in [0.29, 0.717) is 35.7 Å². The number of hydrogen-bond donors (Lipinski definition) is 1. The Balaban J connectivity index is 1.79. The van der Waals surface area contributed by atoms with Gasteiger partial charge in [-0.15, -0.1) is 0 Å². The number of urea groups is 1. The molecule has 190 valence electrons. The monoisotopic (exact) mass is 492 g/mol. The molecule has 0 saturated carbocycles. The first-order valence-electron chi connectivity index (χ1n) is 11.9. The van der Waals surface area contributed by atoms with Gasteiger partial charge in [0, 0.05) is 17.8 Å². The lowest BCUT2D eigenvalue weighted by Gasteiger charge is -2.35. The Bertz CT molecular complexity index is 1250. The van der Waals surface area contributed by atoms with E-state index in [1.165, 1.54) is 0 Å². The molecule has 0 radical (unpaired) electrons. The number of methoxy groups -OCH3 is 3. The fourth-order valence-electron chi connectivity index (χ4n) is 4.19. The fraction of sp³-hybridized carbons (Fsp3) is 0.370. The molecule has 2 amide bonds. The Hall–Kier alpha value is -4.01. The van der Waals surface area contributed by atoms with Crippen LogP contribution >= 0.6 is 0 Å². The van der Waals surface area contributed by atoms with Crippen LogP contribution in [-0.4, -0.2) is 48.9 Å². The fourth-order valence-corrected chi connectivity index (χ4v) is 4.19. The van der Waals surface area contributed by atoms with Crippen molar-refractivity contribution in [2.45, 2.75) is 33.2 Å². The molecule has 1 atom stereocenters. The van der Waals surface area contributed by atoms with E-state index in [9.17, 15) is 4.79 Å². The molecule has 4 rings (SSSR count). The number of allylic oxidation sites excluding steroid dienone is 1. The Kier molecular flexibility index (Phi) is 7.47. The zero-order valence-corrected chi connectivity index (χ0v) is 21.5. The molecular formula is C27H32N4O5. The number of amides is 2. The van der Waals surface area contributed by atoms with E-state index in [4.69, 9.17) is 23.7 Å². The Labute approximate surface area is 211 Å². The van der Waals surface area contributed by atoms with E-state index in [2.05, 4.69) is 24.3 Å². The third-order valence-corrected chi connectivity index (χ3v) is 6.27. The standard InChI is InChI=1S/C27H32N4O5/c1-16(2)13-14-31-17(3)23(26-29-25(30-36-26)18-7-10-20(33-4)11-8-18)24(28-27(31)32)19-9-12-21(34-5)22(15-19)35-6/h7-12,15-16,24H,13-14H2,1-6H3,(H,28,32). The molecule has 1 aliphatic rings. The van der Waals surface area contributed by atoms with Gasteiger partial charge in [0.05, 0.1) is 32.9 Å². The lowest BCUT2D eigenvalue weighted by atomic mass is 9.94. The molecule has 2 aromatic carbocycles. The maximum absolute atomic E-state index is 13.2. The average molecular weight is 493 g/mol. The van der Waals surface area contributed by atoms with Crippen molar-refractivity contribution in [3.05, 3.63) is 59.6 Å². The van der Waals surface area contributed by atoms with Gasteiger partial charge >= 0.3 is 6.03 Å². The van der Waals surface area contributed by atoms with Gasteiger partial charge in [0.25, 0.3) is 5.89 Å². The summed E-state index contributed by atoms with van der Waals surface area (Å²) in [4.78, 5) is 19.6. The minimum Gasteiger partial charge on any atom is -0.497 e. The highest BCUT2D eigenvalue weighted by molar-refractivity contribution is 5.87. The van der Waals surface area contributed by atoms with E-state index in [1.807, 2.05) is 49.4 Å². The van der Waals surface area contributed by atoms with Gasteiger partial charge in [-0.3, -0.25) is 4.90 Å². The highest BCUT2D eigenvalue weighted by atomic mass is 16.5. The predicted molar refractivity (Wildman–Crippen MR) is 136 cm³/mol. The van der Waals surface area contributed by atoms with E-state index in [1.54, 1.807) is 26.2 Å². The van der Waals surface area contributed by atoms with Crippen LogP contribution in [0, 0.1) is 5.92 Å². The van der Waals surface area contributed by atoms with Crippen molar-refractivity contribution < 1.29 is 23.5 Å². The van der Waals surface area contributed by atoms with Crippen molar-refractivity contribution in [3.8, 4) is 28.6 Å². The van der Waals surface area contributed by atoms with Crippen LogP contribution in [0.25, 0.3) is 17.0 Å². The van der Waals surface area contributed by atoms with Gasteiger partial charge in [0.2, 0.25) is 5.82 Å². The largest absolute Gasteiger partial charge is 0.497 e. The van der Waals surface area contributed by atoms with Crippen molar-refractivity contribution in [2.75, 3.05) is 27.9 Å². The van der Waals surface area contributed by atoms with E-state index < -0.39 is 6.04 Å². The molecule has 1 aliphatic heterocycles. The van der Waals surface area contributed by atoms with Crippen molar-refractivity contribution in [3.63, 3.8) is 0 Å². The summed E-state index contributed by atoms with van der Waals surface area (Å²) in [6, 6.07) is 12.3. The van der Waals surface area contributed by atoms with Crippen LogP contribution in [-0.2, 0) is 0 Å². The maximum atomic E-state index is 13.2. The van der Waals surface area contributed by atoms with Crippen molar-refractivity contribution in [1.82, 2.24) is 20.4 Å². The molecule has 0 bridgehead atoms.